The Labute approximate surface area is 156 Å². The van der Waals surface area contributed by atoms with Crippen molar-refractivity contribution in [1.82, 2.24) is 5.32 Å². The largest absolute Gasteiger partial charge is 0.458 e. The number of nitrogens with one attached hydrogen (secondary N) is 1. The third kappa shape index (κ3) is 5.57. The second-order valence-electron chi connectivity index (χ2n) is 5.74. The summed E-state index contributed by atoms with van der Waals surface area (Å²) in [5, 5.41) is 1.99. The smallest absolute Gasteiger partial charge is 0.303 e. The summed E-state index contributed by atoms with van der Waals surface area (Å²) in [6.45, 7) is 2.89. The van der Waals surface area contributed by atoms with Crippen molar-refractivity contribution >= 4 is 35.1 Å². The quantitative estimate of drug-likeness (QED) is 0.596. The van der Waals surface area contributed by atoms with Crippen LogP contribution in [-0.4, -0.2) is 47.7 Å². The molecule has 2 rings (SSSR count). The lowest BCUT2D eigenvalue weighted by Crippen LogP contribution is -2.63. The second kappa shape index (κ2) is 9.38. The van der Waals surface area contributed by atoms with Crippen LogP contribution in [0.3, 0.4) is 0 Å². The summed E-state index contributed by atoms with van der Waals surface area (Å²) in [5.41, 5.74) is 0.937. The Balaban J connectivity index is 2.19. The first-order chi connectivity index (χ1) is 11.9. The van der Waals surface area contributed by atoms with Crippen molar-refractivity contribution in [3.05, 3.63) is 35.9 Å². The summed E-state index contributed by atoms with van der Waals surface area (Å²) < 4.78 is 17.0. The molecule has 0 unspecified atom stereocenters. The van der Waals surface area contributed by atoms with Gasteiger partial charge in [0.1, 0.15) is 17.5 Å². The van der Waals surface area contributed by atoms with E-state index in [0.29, 0.717) is 0 Å². The van der Waals surface area contributed by atoms with E-state index in [2.05, 4.69) is 5.32 Å². The van der Waals surface area contributed by atoms with Crippen molar-refractivity contribution in [3.63, 3.8) is 0 Å². The van der Waals surface area contributed by atoms with Crippen LogP contribution in [-0.2, 0) is 30.4 Å². The van der Waals surface area contributed by atoms with Crippen molar-refractivity contribution in [2.45, 2.75) is 50.4 Å². The monoisotopic (exact) mass is 389 g/mol. The van der Waals surface area contributed by atoms with Crippen molar-refractivity contribution in [3.8, 4) is 0 Å². The van der Waals surface area contributed by atoms with E-state index >= 15 is 0 Å². The van der Waals surface area contributed by atoms with E-state index in [0.717, 1.165) is 5.56 Å². The summed E-state index contributed by atoms with van der Waals surface area (Å²) >= 11 is 12.3. The molecule has 1 aromatic carbocycles. The minimum Gasteiger partial charge on any atom is -0.458 e. The summed E-state index contributed by atoms with van der Waals surface area (Å²) in [4.78, 5) is 23.1. The van der Waals surface area contributed by atoms with Crippen molar-refractivity contribution < 1.29 is 23.8 Å². The fourth-order valence-corrected chi connectivity index (χ4v) is 3.34. The molecule has 1 fully saturated rings. The number of amides is 1. The lowest BCUT2D eigenvalue weighted by molar-refractivity contribution is -0.233. The maximum atomic E-state index is 11.6. The standard InChI is InChI=1S/C17H21Cl2NO5/c1-10(21)20-15-16(24-11(2)22)14(19)13(8-18)25-17(15)23-9-12-6-4-3-5-7-12/h3-7,13-17H,8-9H2,1-2H3,(H,20,21)/t13-,14+,15-,16+,17-/m1/s1. The minimum atomic E-state index is -0.854. The molecular formula is C17H21Cl2NO5. The first-order valence-corrected chi connectivity index (χ1v) is 8.84. The molecule has 1 N–H and O–H groups in total. The van der Waals surface area contributed by atoms with Gasteiger partial charge >= 0.3 is 5.97 Å². The second-order valence-corrected chi connectivity index (χ2v) is 6.55. The first-order valence-electron chi connectivity index (χ1n) is 7.87. The third-order valence-corrected chi connectivity index (χ3v) is 4.54. The van der Waals surface area contributed by atoms with E-state index < -0.39 is 35.9 Å². The van der Waals surface area contributed by atoms with E-state index in [1.54, 1.807) is 0 Å². The molecule has 25 heavy (non-hydrogen) atoms. The topological polar surface area (TPSA) is 73.9 Å². The van der Waals surface area contributed by atoms with E-state index in [1.165, 1.54) is 13.8 Å². The summed E-state index contributed by atoms with van der Waals surface area (Å²) in [6, 6.07) is 8.76. The molecule has 6 nitrogen and oxygen atoms in total. The van der Waals surface area contributed by atoms with Crippen molar-refractivity contribution in [1.29, 1.82) is 0 Å². The number of ether oxygens (including phenoxy) is 3. The van der Waals surface area contributed by atoms with Crippen molar-refractivity contribution in [2.24, 2.45) is 0 Å². The Kier molecular flexibility index (Phi) is 7.50. The molecule has 1 aliphatic heterocycles. The first kappa shape index (κ1) is 20.0. The van der Waals surface area contributed by atoms with Gasteiger partial charge in [-0.1, -0.05) is 30.3 Å². The van der Waals surface area contributed by atoms with Crippen LogP contribution in [0.1, 0.15) is 19.4 Å². The maximum absolute atomic E-state index is 11.6. The van der Waals surface area contributed by atoms with E-state index in [-0.39, 0.29) is 18.4 Å². The molecule has 1 aromatic rings. The van der Waals surface area contributed by atoms with Gasteiger partial charge in [0.05, 0.1) is 18.6 Å². The molecule has 1 aliphatic rings. The van der Waals surface area contributed by atoms with Crippen LogP contribution >= 0.6 is 23.2 Å². The van der Waals surface area contributed by atoms with Gasteiger partial charge in [0.2, 0.25) is 5.91 Å². The predicted molar refractivity (Wildman–Crippen MR) is 93.4 cm³/mol. The maximum Gasteiger partial charge on any atom is 0.303 e. The minimum absolute atomic E-state index is 0.101. The van der Waals surface area contributed by atoms with Gasteiger partial charge < -0.3 is 19.5 Å². The number of carbonyl (C=O) groups is 2. The van der Waals surface area contributed by atoms with Crippen LogP contribution < -0.4 is 5.32 Å². The summed E-state index contributed by atoms with van der Waals surface area (Å²) in [5.74, 6) is -0.723. The molecule has 8 heteroatoms. The highest BCUT2D eigenvalue weighted by Gasteiger charge is 2.48. The zero-order valence-electron chi connectivity index (χ0n) is 14.0. The summed E-state index contributed by atoms with van der Waals surface area (Å²) in [7, 11) is 0. The zero-order valence-corrected chi connectivity index (χ0v) is 15.5. The van der Waals surface area contributed by atoms with Gasteiger partial charge in [-0.15, -0.1) is 23.2 Å². The molecule has 0 saturated carbocycles. The van der Waals surface area contributed by atoms with Crippen molar-refractivity contribution in [2.75, 3.05) is 5.88 Å². The number of halogens is 2. The van der Waals surface area contributed by atoms with E-state index in [4.69, 9.17) is 37.4 Å². The Morgan fingerprint density at radius 2 is 1.92 bits per heavy atom. The number of carbonyl (C=O) groups excluding carboxylic acids is 2. The van der Waals surface area contributed by atoms with E-state index in [9.17, 15) is 9.59 Å². The van der Waals surface area contributed by atoms with Gasteiger partial charge in [0.15, 0.2) is 6.29 Å². The fourth-order valence-electron chi connectivity index (χ4n) is 2.63. The SMILES string of the molecule is CC(=O)N[C@H]1[C@H](OCc2ccccc2)O[C@H](CCl)[C@H](Cl)[C@@H]1OC(C)=O. The molecule has 138 valence electrons. The van der Waals surface area contributed by atoms with Gasteiger partial charge in [-0.3, -0.25) is 9.59 Å². The van der Waals surface area contributed by atoms with Gasteiger partial charge in [-0.05, 0) is 5.56 Å². The number of rotatable bonds is 6. The van der Waals surface area contributed by atoms with Crippen LogP contribution in [0.2, 0.25) is 0 Å². The molecule has 0 aliphatic carbocycles. The molecular weight excluding hydrogens is 369 g/mol. The fraction of sp³-hybridized carbons (Fsp3) is 0.529. The lowest BCUT2D eigenvalue weighted by atomic mass is 9.99. The van der Waals surface area contributed by atoms with Gasteiger partial charge in [-0.2, -0.15) is 0 Å². The van der Waals surface area contributed by atoms with Crippen LogP contribution in [0.15, 0.2) is 30.3 Å². The van der Waals surface area contributed by atoms with Crippen LogP contribution in [0.25, 0.3) is 0 Å². The lowest BCUT2D eigenvalue weighted by Gasteiger charge is -2.43. The molecule has 0 radical (unpaired) electrons. The summed E-state index contributed by atoms with van der Waals surface area (Å²) in [6.07, 6.45) is -2.26. The Bertz CT molecular complexity index is 586. The zero-order chi connectivity index (χ0) is 18.4. The number of hydrogen-bond acceptors (Lipinski definition) is 5. The third-order valence-electron chi connectivity index (χ3n) is 3.71. The average molecular weight is 390 g/mol. The van der Waals surface area contributed by atoms with Gasteiger partial charge in [0.25, 0.3) is 0 Å². The molecule has 0 bridgehead atoms. The number of esters is 1. The molecule has 5 atom stereocenters. The normalized spacial score (nSPS) is 29.0. The highest BCUT2D eigenvalue weighted by atomic mass is 35.5. The Hall–Kier alpha value is -1.34. The predicted octanol–water partition coefficient (Wildman–Crippen LogP) is 2.21. The van der Waals surface area contributed by atoms with Gasteiger partial charge in [0, 0.05) is 13.8 Å². The Morgan fingerprint density at radius 3 is 2.48 bits per heavy atom. The molecule has 1 saturated heterocycles. The van der Waals surface area contributed by atoms with Crippen LogP contribution in [0, 0.1) is 0 Å². The average Bonchev–Trinajstić information content (AvgIpc) is 2.57. The number of benzene rings is 1. The molecule has 0 aromatic heterocycles. The molecule has 0 spiro atoms. The van der Waals surface area contributed by atoms with Gasteiger partial charge in [-0.25, -0.2) is 0 Å². The highest BCUT2D eigenvalue weighted by molar-refractivity contribution is 6.23. The van der Waals surface area contributed by atoms with Crippen LogP contribution in [0.4, 0.5) is 0 Å². The Morgan fingerprint density at radius 1 is 1.24 bits per heavy atom. The van der Waals surface area contributed by atoms with Crippen LogP contribution in [0.5, 0.6) is 0 Å². The number of alkyl halides is 2. The van der Waals surface area contributed by atoms with E-state index in [1.807, 2.05) is 30.3 Å². The molecule has 1 heterocycles. The molecule has 1 amide bonds. The number of hydrogen-bond donors (Lipinski definition) is 1. The highest BCUT2D eigenvalue weighted by Crippen LogP contribution is 2.29.